The Morgan fingerprint density at radius 2 is 2.00 bits per heavy atom. The number of esters is 1. The van der Waals surface area contributed by atoms with Gasteiger partial charge in [-0.3, -0.25) is 0 Å². The number of carbonyl (C=O) groups excluding carboxylic acids is 1. The van der Waals surface area contributed by atoms with Crippen LogP contribution in [0.5, 0.6) is 0 Å². The van der Waals surface area contributed by atoms with Crippen molar-refractivity contribution in [1.29, 1.82) is 0 Å². The maximum atomic E-state index is 11.6. The Hall–Kier alpha value is -1.65. The second-order valence-electron chi connectivity index (χ2n) is 5.14. The lowest BCUT2D eigenvalue weighted by Gasteiger charge is -2.18. The van der Waals surface area contributed by atoms with Crippen LogP contribution in [-0.4, -0.2) is 24.1 Å². The van der Waals surface area contributed by atoms with E-state index in [-0.39, 0.29) is 6.10 Å². The summed E-state index contributed by atoms with van der Waals surface area (Å²) in [7, 11) is 0. The van der Waals surface area contributed by atoms with Crippen LogP contribution in [0.1, 0.15) is 33.3 Å². The molecule has 5 nitrogen and oxygen atoms in total. The van der Waals surface area contributed by atoms with Gasteiger partial charge in [-0.2, -0.15) is 4.76 Å². The molecule has 0 fully saturated rings. The van der Waals surface area contributed by atoms with Crippen molar-refractivity contribution >= 4 is 30.0 Å². The second kappa shape index (κ2) is 8.85. The van der Waals surface area contributed by atoms with Crippen LogP contribution in [0.25, 0.3) is 0 Å². The van der Waals surface area contributed by atoms with Crippen molar-refractivity contribution in [3.63, 3.8) is 0 Å². The fraction of sp³-hybridized carbons (Fsp3) is 0.375. The molecule has 7 heteroatoms. The molecule has 0 spiro atoms. The molecular formula is C16H23N2O3PS. The molecule has 0 saturated carbocycles. The van der Waals surface area contributed by atoms with Gasteiger partial charge in [0, 0.05) is 11.7 Å². The van der Waals surface area contributed by atoms with Gasteiger partial charge < -0.3 is 15.0 Å². The molecule has 1 aromatic rings. The van der Waals surface area contributed by atoms with E-state index >= 15 is 0 Å². The van der Waals surface area contributed by atoms with Crippen molar-refractivity contribution < 1.29 is 14.1 Å². The van der Waals surface area contributed by atoms with E-state index in [4.69, 9.17) is 26.8 Å². The first-order chi connectivity index (χ1) is 10.8. The predicted molar refractivity (Wildman–Crippen MR) is 98.1 cm³/mol. The molecule has 1 unspecified atom stereocenters. The van der Waals surface area contributed by atoms with E-state index in [0.717, 1.165) is 5.56 Å². The maximum Gasteiger partial charge on any atom is 0.334 e. The van der Waals surface area contributed by atoms with Gasteiger partial charge in [-0.1, -0.05) is 37.3 Å². The van der Waals surface area contributed by atoms with E-state index in [9.17, 15) is 4.79 Å². The summed E-state index contributed by atoms with van der Waals surface area (Å²) < 4.78 is 15.2. The smallest absolute Gasteiger partial charge is 0.334 e. The number of allylic oxidation sites excluding steroid dienone is 1. The topological polar surface area (TPSA) is 73.9 Å². The molecule has 0 amide bonds. The molecule has 0 radical (unpaired) electrons. The van der Waals surface area contributed by atoms with E-state index in [1.807, 2.05) is 37.3 Å². The molecule has 0 heterocycles. The molecule has 0 aromatic heterocycles. The van der Waals surface area contributed by atoms with Gasteiger partial charge in [0.25, 0.3) is 0 Å². The lowest BCUT2D eigenvalue weighted by Crippen LogP contribution is -2.13. The van der Waals surface area contributed by atoms with Crippen molar-refractivity contribution in [2.45, 2.75) is 33.8 Å². The van der Waals surface area contributed by atoms with Gasteiger partial charge >= 0.3 is 5.97 Å². The van der Waals surface area contributed by atoms with Crippen LogP contribution in [-0.2, 0) is 25.9 Å². The molecule has 1 rings (SSSR count). The fourth-order valence-corrected chi connectivity index (χ4v) is 3.54. The summed E-state index contributed by atoms with van der Waals surface area (Å²) >= 11 is 5.52. The summed E-state index contributed by atoms with van der Waals surface area (Å²) in [4.78, 5) is 11.6. The van der Waals surface area contributed by atoms with Gasteiger partial charge in [0.1, 0.15) is 11.6 Å². The van der Waals surface area contributed by atoms with Crippen LogP contribution in [0.15, 0.2) is 46.9 Å². The Bertz CT molecular complexity index is 642. The summed E-state index contributed by atoms with van der Waals surface area (Å²) in [6, 6.07) is 9.37. The molecule has 23 heavy (non-hydrogen) atoms. The van der Waals surface area contributed by atoms with Crippen molar-refractivity contribution in [2.75, 3.05) is 6.16 Å². The third-order valence-corrected chi connectivity index (χ3v) is 5.82. The number of amidine groups is 1. The summed E-state index contributed by atoms with van der Waals surface area (Å²) in [6.07, 6.45) is -0.925. The van der Waals surface area contributed by atoms with E-state index in [0.29, 0.717) is 17.8 Å². The number of carbonyl (C=O) groups is 1. The van der Waals surface area contributed by atoms with Gasteiger partial charge in [-0.25, -0.2) is 4.79 Å². The summed E-state index contributed by atoms with van der Waals surface area (Å²) in [6.45, 7) is 7.11. The monoisotopic (exact) mass is 354 g/mol. The molecule has 126 valence electrons. The number of nitrogens with zero attached hydrogens (tertiary/aromatic N) is 1. The van der Waals surface area contributed by atoms with Crippen molar-refractivity contribution in [1.82, 2.24) is 0 Å². The standard InChI is InChI=1S/C16H23N2O3PS/c1-5-22(23,18-16(17)14-9-7-6-8-10-14)21-13(4)11-15(19)20-12(2)3/h6-12H,5H2,1-4H3,(H2,17,18,23). The minimum Gasteiger partial charge on any atom is -0.460 e. The number of benzene rings is 1. The molecule has 0 saturated heterocycles. The lowest BCUT2D eigenvalue weighted by atomic mass is 10.2. The van der Waals surface area contributed by atoms with Crippen LogP contribution < -0.4 is 5.73 Å². The number of hydrogen-bond donors (Lipinski definition) is 1. The molecule has 0 aliphatic carbocycles. The number of rotatable bonds is 7. The van der Waals surface area contributed by atoms with Crippen LogP contribution in [0, 0.1) is 0 Å². The van der Waals surface area contributed by atoms with E-state index in [1.165, 1.54) is 6.08 Å². The highest BCUT2D eigenvalue weighted by molar-refractivity contribution is 8.11. The maximum absolute atomic E-state index is 11.6. The minimum atomic E-state index is -2.55. The van der Waals surface area contributed by atoms with Crippen LogP contribution in [0.2, 0.25) is 0 Å². The third kappa shape index (κ3) is 6.97. The van der Waals surface area contributed by atoms with Crippen LogP contribution >= 0.6 is 6.42 Å². The van der Waals surface area contributed by atoms with Gasteiger partial charge in [0.15, 0.2) is 0 Å². The Morgan fingerprint density at radius 3 is 2.52 bits per heavy atom. The minimum absolute atomic E-state index is 0.187. The molecular weight excluding hydrogens is 331 g/mol. The molecule has 0 aliphatic rings. The molecule has 0 bridgehead atoms. The van der Waals surface area contributed by atoms with E-state index in [2.05, 4.69) is 4.76 Å². The first kappa shape index (κ1) is 19.4. The largest absolute Gasteiger partial charge is 0.460 e. The first-order valence-corrected chi connectivity index (χ1v) is 10.2. The van der Waals surface area contributed by atoms with Crippen molar-refractivity contribution in [3.8, 4) is 0 Å². The van der Waals surface area contributed by atoms with Gasteiger partial charge in [-0.15, -0.1) is 0 Å². The summed E-state index contributed by atoms with van der Waals surface area (Å²) in [5.41, 5.74) is 6.81. The van der Waals surface area contributed by atoms with Crippen molar-refractivity contribution in [2.24, 2.45) is 10.5 Å². The van der Waals surface area contributed by atoms with Crippen LogP contribution in [0.4, 0.5) is 0 Å². The molecule has 2 N–H and O–H groups in total. The number of nitrogens with two attached hydrogens (primary N) is 1. The van der Waals surface area contributed by atoms with Gasteiger partial charge in [0.2, 0.25) is 6.42 Å². The average molecular weight is 354 g/mol. The molecule has 1 atom stereocenters. The summed E-state index contributed by atoms with van der Waals surface area (Å²) in [5.74, 6) is 0.258. The number of hydrogen-bond acceptors (Lipinski definition) is 4. The summed E-state index contributed by atoms with van der Waals surface area (Å²) in [5, 5.41) is 0. The lowest BCUT2D eigenvalue weighted by molar-refractivity contribution is -0.141. The Labute approximate surface area is 142 Å². The van der Waals surface area contributed by atoms with E-state index < -0.39 is 12.4 Å². The molecule has 1 aromatic carbocycles. The zero-order chi connectivity index (χ0) is 17.5. The molecule has 0 aliphatic heterocycles. The zero-order valence-corrected chi connectivity index (χ0v) is 15.6. The highest BCUT2D eigenvalue weighted by atomic mass is 32.4. The highest BCUT2D eigenvalue weighted by Gasteiger charge is 2.17. The third-order valence-electron chi connectivity index (χ3n) is 2.69. The second-order valence-corrected chi connectivity index (χ2v) is 9.14. The van der Waals surface area contributed by atoms with Crippen LogP contribution in [0.3, 0.4) is 0 Å². The first-order valence-electron chi connectivity index (χ1n) is 7.34. The average Bonchev–Trinajstić information content (AvgIpc) is 2.46. The highest BCUT2D eigenvalue weighted by Crippen LogP contribution is 2.50. The normalized spacial score (nSPS) is 15.2. The SMILES string of the molecule is CCP(=S)(N=C(N)c1ccccc1)OC(C)=CC(=O)OC(C)C. The Kier molecular flexibility index (Phi) is 7.46. The van der Waals surface area contributed by atoms with E-state index in [1.54, 1.807) is 20.8 Å². The quantitative estimate of drug-likeness (QED) is 0.202. The van der Waals surface area contributed by atoms with Crippen molar-refractivity contribution in [3.05, 3.63) is 47.7 Å². The predicted octanol–water partition coefficient (Wildman–Crippen LogP) is 3.59. The fourth-order valence-electron chi connectivity index (χ4n) is 1.67. The van der Waals surface area contributed by atoms with Gasteiger partial charge in [0.05, 0.1) is 12.2 Å². The Balaban J connectivity index is 2.91. The number of ether oxygens (including phenoxy) is 1. The van der Waals surface area contributed by atoms with Gasteiger partial charge in [-0.05, 0) is 32.6 Å². The Morgan fingerprint density at radius 1 is 1.39 bits per heavy atom. The zero-order valence-electron chi connectivity index (χ0n) is 13.9.